The molecule has 0 radical (unpaired) electrons. The predicted octanol–water partition coefficient (Wildman–Crippen LogP) is 4.03. The van der Waals surface area contributed by atoms with Gasteiger partial charge in [0, 0.05) is 22.2 Å². The van der Waals surface area contributed by atoms with E-state index >= 15 is 0 Å². The summed E-state index contributed by atoms with van der Waals surface area (Å²) in [4.78, 5) is 15.9. The van der Waals surface area contributed by atoms with Crippen LogP contribution in [0.2, 0.25) is 4.34 Å². The minimum absolute atomic E-state index is 0.00447. The number of rotatable bonds is 1. The maximum absolute atomic E-state index is 11.8. The Kier molecular flexibility index (Phi) is 3.27. The van der Waals surface area contributed by atoms with E-state index in [0.29, 0.717) is 0 Å². The number of aromatic nitrogens is 1. The van der Waals surface area contributed by atoms with Gasteiger partial charge in [-0.1, -0.05) is 18.0 Å². The minimum atomic E-state index is -0.00447. The lowest BCUT2D eigenvalue weighted by Gasteiger charge is -2.10. The Morgan fingerprint density at radius 2 is 2.00 bits per heavy atom. The highest BCUT2D eigenvalue weighted by Crippen LogP contribution is 2.35. The van der Waals surface area contributed by atoms with E-state index in [2.05, 4.69) is 4.98 Å². The number of hydrogen-bond donors (Lipinski definition) is 1. The molecule has 2 heterocycles. The van der Waals surface area contributed by atoms with Crippen molar-refractivity contribution in [3.63, 3.8) is 0 Å². The predicted molar refractivity (Wildman–Crippen MR) is 76.6 cm³/mol. The first-order valence-electron chi connectivity index (χ1n) is 6.25. The lowest BCUT2D eigenvalue weighted by atomic mass is 10.0. The van der Waals surface area contributed by atoms with Crippen molar-refractivity contribution >= 4 is 22.9 Å². The quantitative estimate of drug-likeness (QED) is 0.786. The van der Waals surface area contributed by atoms with Crippen LogP contribution in [0.3, 0.4) is 0 Å². The zero-order valence-electron chi connectivity index (χ0n) is 9.96. The van der Waals surface area contributed by atoms with Crippen molar-refractivity contribution in [2.24, 2.45) is 0 Å². The second-order valence-electron chi connectivity index (χ2n) is 4.67. The standard InChI is InChI=1S/C14H14ClNOS/c15-13-7-6-12(18-13)10-8-14(17)16-11-5-3-1-2-4-9(10)11/h6-8H,1-5H2,(H,16,17). The van der Waals surface area contributed by atoms with Crippen LogP contribution in [0.15, 0.2) is 23.0 Å². The Balaban J connectivity index is 2.19. The fourth-order valence-electron chi connectivity index (χ4n) is 2.60. The van der Waals surface area contributed by atoms with Gasteiger partial charge in [0.05, 0.1) is 4.34 Å². The molecule has 0 fully saturated rings. The van der Waals surface area contributed by atoms with Gasteiger partial charge in [-0.3, -0.25) is 4.79 Å². The summed E-state index contributed by atoms with van der Waals surface area (Å²) in [6.45, 7) is 0. The Bertz CT molecular complexity index is 629. The molecule has 0 aromatic carbocycles. The number of aryl methyl sites for hydroxylation is 1. The van der Waals surface area contributed by atoms with E-state index < -0.39 is 0 Å². The molecule has 2 nitrogen and oxygen atoms in total. The third-order valence-electron chi connectivity index (χ3n) is 3.43. The van der Waals surface area contributed by atoms with Crippen LogP contribution in [-0.2, 0) is 12.8 Å². The molecule has 0 bridgehead atoms. The summed E-state index contributed by atoms with van der Waals surface area (Å²) >= 11 is 7.54. The Morgan fingerprint density at radius 3 is 2.78 bits per heavy atom. The van der Waals surface area contributed by atoms with Crippen LogP contribution in [0.25, 0.3) is 10.4 Å². The van der Waals surface area contributed by atoms with Crippen LogP contribution < -0.4 is 5.56 Å². The third kappa shape index (κ3) is 2.25. The number of hydrogen-bond acceptors (Lipinski definition) is 2. The van der Waals surface area contributed by atoms with Crippen molar-refractivity contribution in [1.82, 2.24) is 4.98 Å². The van der Waals surface area contributed by atoms with E-state index in [1.54, 1.807) is 17.4 Å². The number of nitrogens with one attached hydrogen (secondary N) is 1. The lowest BCUT2D eigenvalue weighted by Crippen LogP contribution is -2.11. The van der Waals surface area contributed by atoms with Crippen molar-refractivity contribution in [1.29, 1.82) is 0 Å². The summed E-state index contributed by atoms with van der Waals surface area (Å²) in [6, 6.07) is 5.62. The first kappa shape index (κ1) is 12.0. The molecular formula is C14H14ClNOS. The minimum Gasteiger partial charge on any atom is -0.326 e. The average Bonchev–Trinajstić information content (AvgIpc) is 2.63. The Labute approximate surface area is 115 Å². The molecule has 0 saturated carbocycles. The van der Waals surface area contributed by atoms with Crippen LogP contribution in [0, 0.1) is 0 Å². The zero-order valence-corrected chi connectivity index (χ0v) is 11.5. The molecule has 4 heteroatoms. The van der Waals surface area contributed by atoms with Crippen LogP contribution in [0.4, 0.5) is 0 Å². The fourth-order valence-corrected chi connectivity index (χ4v) is 3.69. The van der Waals surface area contributed by atoms with Gasteiger partial charge < -0.3 is 4.98 Å². The highest BCUT2D eigenvalue weighted by Gasteiger charge is 2.15. The molecule has 2 aromatic heterocycles. The number of thiophene rings is 1. The van der Waals surface area contributed by atoms with Gasteiger partial charge in [-0.2, -0.15) is 0 Å². The molecule has 0 atom stereocenters. The van der Waals surface area contributed by atoms with Gasteiger partial charge in [-0.15, -0.1) is 11.3 Å². The van der Waals surface area contributed by atoms with Crippen molar-refractivity contribution in [3.05, 3.63) is 44.1 Å². The van der Waals surface area contributed by atoms with Crippen LogP contribution in [-0.4, -0.2) is 4.98 Å². The van der Waals surface area contributed by atoms with Gasteiger partial charge in [-0.25, -0.2) is 0 Å². The maximum Gasteiger partial charge on any atom is 0.248 e. The number of aromatic amines is 1. The molecule has 3 rings (SSSR count). The SMILES string of the molecule is O=c1cc(-c2ccc(Cl)s2)c2c([nH]1)CCCCC2. The summed E-state index contributed by atoms with van der Waals surface area (Å²) in [5, 5.41) is 0. The molecule has 1 aliphatic rings. The van der Waals surface area contributed by atoms with Gasteiger partial charge in [-0.05, 0) is 43.4 Å². The lowest BCUT2D eigenvalue weighted by molar-refractivity contribution is 0.708. The van der Waals surface area contributed by atoms with Crippen molar-refractivity contribution in [2.75, 3.05) is 0 Å². The van der Waals surface area contributed by atoms with Gasteiger partial charge in [0.15, 0.2) is 0 Å². The van der Waals surface area contributed by atoms with E-state index in [1.165, 1.54) is 18.4 Å². The van der Waals surface area contributed by atoms with E-state index in [-0.39, 0.29) is 5.56 Å². The summed E-state index contributed by atoms with van der Waals surface area (Å²) in [7, 11) is 0. The monoisotopic (exact) mass is 279 g/mol. The summed E-state index contributed by atoms with van der Waals surface area (Å²) in [6.07, 6.45) is 5.64. The number of fused-ring (bicyclic) bond motifs is 1. The summed E-state index contributed by atoms with van der Waals surface area (Å²) in [5.41, 5.74) is 3.51. The Morgan fingerprint density at radius 1 is 1.17 bits per heavy atom. The second-order valence-corrected chi connectivity index (χ2v) is 6.38. The summed E-state index contributed by atoms with van der Waals surface area (Å²) < 4.78 is 0.771. The van der Waals surface area contributed by atoms with Crippen molar-refractivity contribution in [2.45, 2.75) is 32.1 Å². The normalized spacial score (nSPS) is 15.2. The molecule has 18 heavy (non-hydrogen) atoms. The van der Waals surface area contributed by atoms with E-state index in [0.717, 1.165) is 39.7 Å². The molecular weight excluding hydrogens is 266 g/mol. The highest BCUT2D eigenvalue weighted by atomic mass is 35.5. The van der Waals surface area contributed by atoms with Crippen LogP contribution in [0.5, 0.6) is 0 Å². The van der Waals surface area contributed by atoms with E-state index in [4.69, 9.17) is 11.6 Å². The van der Waals surface area contributed by atoms with Gasteiger partial charge in [0.25, 0.3) is 0 Å². The highest BCUT2D eigenvalue weighted by molar-refractivity contribution is 7.19. The number of pyridine rings is 1. The molecule has 0 aliphatic heterocycles. The topological polar surface area (TPSA) is 32.9 Å². The van der Waals surface area contributed by atoms with E-state index in [1.807, 2.05) is 12.1 Å². The molecule has 0 unspecified atom stereocenters. The molecule has 2 aromatic rings. The number of halogens is 1. The number of H-pyrrole nitrogens is 1. The molecule has 1 aliphatic carbocycles. The van der Waals surface area contributed by atoms with E-state index in [9.17, 15) is 4.79 Å². The molecule has 0 spiro atoms. The molecule has 0 amide bonds. The van der Waals surface area contributed by atoms with Crippen LogP contribution >= 0.6 is 22.9 Å². The first-order chi connectivity index (χ1) is 8.74. The van der Waals surface area contributed by atoms with Crippen LogP contribution in [0.1, 0.15) is 30.5 Å². The summed E-state index contributed by atoms with van der Waals surface area (Å²) in [5.74, 6) is 0. The largest absolute Gasteiger partial charge is 0.326 e. The maximum atomic E-state index is 11.8. The average molecular weight is 280 g/mol. The second kappa shape index (κ2) is 4.90. The third-order valence-corrected chi connectivity index (χ3v) is 4.70. The van der Waals surface area contributed by atoms with Crippen molar-refractivity contribution in [3.8, 4) is 10.4 Å². The molecule has 0 saturated heterocycles. The Hall–Kier alpha value is -1.06. The van der Waals surface area contributed by atoms with Gasteiger partial charge in [0.1, 0.15) is 0 Å². The van der Waals surface area contributed by atoms with Gasteiger partial charge >= 0.3 is 0 Å². The molecule has 94 valence electrons. The molecule has 1 N–H and O–H groups in total. The van der Waals surface area contributed by atoms with Crippen molar-refractivity contribution < 1.29 is 0 Å². The fraction of sp³-hybridized carbons (Fsp3) is 0.357. The first-order valence-corrected chi connectivity index (χ1v) is 7.44. The zero-order chi connectivity index (χ0) is 12.5. The van der Waals surface area contributed by atoms with Gasteiger partial charge in [0.2, 0.25) is 5.56 Å². The smallest absolute Gasteiger partial charge is 0.248 e.